The highest BCUT2D eigenvalue weighted by atomic mass is 16.6. The lowest BCUT2D eigenvalue weighted by Gasteiger charge is -2.33. The van der Waals surface area contributed by atoms with Crippen LogP contribution in [0.1, 0.15) is 10.4 Å². The van der Waals surface area contributed by atoms with Crippen molar-refractivity contribution in [1.29, 1.82) is 0 Å². The summed E-state index contributed by atoms with van der Waals surface area (Å²) in [5, 5.41) is 47.6. The molecular formula is C13H18O7. The zero-order valence-corrected chi connectivity index (χ0v) is 10.9. The molecule has 0 aliphatic heterocycles. The van der Waals surface area contributed by atoms with Crippen LogP contribution in [0, 0.1) is 0 Å². The number of methoxy groups -OCH3 is 1. The summed E-state index contributed by atoms with van der Waals surface area (Å²) in [5.74, 6) is -3.71. The number of carbonyl (C=O) groups is 1. The maximum Gasteiger partial charge on any atom is 0.260 e. The van der Waals surface area contributed by atoms with E-state index in [1.54, 1.807) is 18.2 Å². The fourth-order valence-corrected chi connectivity index (χ4v) is 1.69. The van der Waals surface area contributed by atoms with Crippen LogP contribution in [0.4, 0.5) is 0 Å². The zero-order valence-electron chi connectivity index (χ0n) is 10.9. The van der Waals surface area contributed by atoms with Gasteiger partial charge in [-0.1, -0.05) is 30.3 Å². The van der Waals surface area contributed by atoms with Crippen molar-refractivity contribution in [2.75, 3.05) is 13.7 Å². The molecule has 1 rings (SSSR count). The molecule has 5 N–H and O–H groups in total. The Morgan fingerprint density at radius 1 is 1.25 bits per heavy atom. The molecule has 0 unspecified atom stereocenters. The Labute approximate surface area is 115 Å². The van der Waals surface area contributed by atoms with Gasteiger partial charge in [-0.15, -0.1) is 0 Å². The fraction of sp³-hybridized carbons (Fsp3) is 0.462. The Morgan fingerprint density at radius 2 is 1.80 bits per heavy atom. The summed E-state index contributed by atoms with van der Waals surface area (Å²) < 4.78 is 4.63. The summed E-state index contributed by atoms with van der Waals surface area (Å²) in [6.07, 6.45) is -5.82. The van der Waals surface area contributed by atoms with Gasteiger partial charge in [-0.2, -0.15) is 0 Å². The maximum absolute atomic E-state index is 12.2. The number of Topliss-reactive ketones (excluding diaryl/α,β-unsaturated/α-hetero) is 1. The molecule has 0 heterocycles. The number of ether oxygens (including phenoxy) is 1. The average molecular weight is 286 g/mol. The molecule has 0 radical (unpaired) electrons. The highest BCUT2D eigenvalue weighted by Gasteiger charge is 2.49. The van der Waals surface area contributed by atoms with Gasteiger partial charge in [0.2, 0.25) is 5.78 Å². The third-order valence-electron chi connectivity index (χ3n) is 2.98. The molecule has 0 fully saturated rings. The largest absolute Gasteiger partial charge is 0.394 e. The fourth-order valence-electron chi connectivity index (χ4n) is 1.69. The summed E-state index contributed by atoms with van der Waals surface area (Å²) in [5.41, 5.74) is 0.0570. The van der Waals surface area contributed by atoms with Crippen LogP contribution in [0.15, 0.2) is 30.3 Å². The first-order valence-electron chi connectivity index (χ1n) is 5.91. The van der Waals surface area contributed by atoms with Crippen molar-refractivity contribution >= 4 is 5.78 Å². The number of aliphatic hydroxyl groups excluding tert-OH is 4. The molecule has 1 aromatic rings. The van der Waals surface area contributed by atoms with Crippen LogP contribution in [-0.2, 0) is 4.74 Å². The second kappa shape index (κ2) is 6.89. The van der Waals surface area contributed by atoms with E-state index in [1.807, 2.05) is 0 Å². The lowest BCUT2D eigenvalue weighted by molar-refractivity contribution is -0.239. The van der Waals surface area contributed by atoms with E-state index in [9.17, 15) is 25.2 Å². The summed E-state index contributed by atoms with van der Waals surface area (Å²) in [7, 11) is 0.974. The van der Waals surface area contributed by atoms with Crippen molar-refractivity contribution in [3.63, 3.8) is 0 Å². The van der Waals surface area contributed by atoms with Crippen molar-refractivity contribution in [3.05, 3.63) is 35.9 Å². The van der Waals surface area contributed by atoms with Gasteiger partial charge in [-0.05, 0) is 0 Å². The number of hydrogen-bond acceptors (Lipinski definition) is 7. The van der Waals surface area contributed by atoms with Gasteiger partial charge in [0.15, 0.2) is 0 Å². The predicted octanol–water partition coefficient (Wildman–Crippen LogP) is -1.72. The minimum Gasteiger partial charge on any atom is -0.394 e. The second-order valence-electron chi connectivity index (χ2n) is 4.28. The minimum atomic E-state index is -2.74. The summed E-state index contributed by atoms with van der Waals surface area (Å²) in [6, 6.07) is 7.55. The van der Waals surface area contributed by atoms with Crippen LogP contribution < -0.4 is 0 Å². The smallest absolute Gasteiger partial charge is 0.260 e. The predicted molar refractivity (Wildman–Crippen MR) is 67.8 cm³/mol. The monoisotopic (exact) mass is 286 g/mol. The average Bonchev–Trinajstić information content (AvgIpc) is 2.51. The summed E-state index contributed by atoms with van der Waals surface area (Å²) in [6.45, 7) is -0.850. The number of ketones is 1. The Bertz CT molecular complexity index is 436. The van der Waals surface area contributed by atoms with Gasteiger partial charge < -0.3 is 30.3 Å². The van der Waals surface area contributed by atoms with Gasteiger partial charge >= 0.3 is 0 Å². The molecule has 20 heavy (non-hydrogen) atoms. The van der Waals surface area contributed by atoms with E-state index in [0.29, 0.717) is 0 Å². The first-order chi connectivity index (χ1) is 9.38. The highest BCUT2D eigenvalue weighted by Crippen LogP contribution is 2.22. The summed E-state index contributed by atoms with van der Waals surface area (Å²) in [4.78, 5) is 12.2. The first kappa shape index (κ1) is 16.7. The van der Waals surface area contributed by atoms with Gasteiger partial charge in [-0.25, -0.2) is 0 Å². The number of rotatable bonds is 7. The molecule has 0 saturated heterocycles. The quantitative estimate of drug-likeness (QED) is 0.298. The number of hydrogen-bond donors (Lipinski definition) is 5. The topological polar surface area (TPSA) is 127 Å². The molecule has 0 aromatic heterocycles. The Balaban J connectivity index is 3.05. The Kier molecular flexibility index (Phi) is 5.75. The van der Waals surface area contributed by atoms with Crippen LogP contribution in [0.25, 0.3) is 0 Å². The Morgan fingerprint density at radius 3 is 2.25 bits per heavy atom. The number of benzene rings is 1. The van der Waals surface area contributed by atoms with Gasteiger partial charge in [-0.3, -0.25) is 4.79 Å². The first-order valence-corrected chi connectivity index (χ1v) is 5.91. The zero-order chi connectivity index (χ0) is 15.3. The maximum atomic E-state index is 12.2. The molecule has 7 nitrogen and oxygen atoms in total. The lowest BCUT2D eigenvalue weighted by Crippen LogP contribution is -2.59. The number of carbonyl (C=O) groups excluding carboxylic acids is 1. The van der Waals surface area contributed by atoms with E-state index in [-0.39, 0.29) is 5.56 Å². The highest BCUT2D eigenvalue weighted by molar-refractivity contribution is 6.01. The SMILES string of the molecule is CO[C@](O)(C(=O)c1ccccc1)[C@@H](O)[C@H](O)[C@H](O)CO. The molecule has 0 aliphatic carbocycles. The lowest BCUT2D eigenvalue weighted by atomic mass is 9.93. The van der Waals surface area contributed by atoms with Crippen LogP contribution >= 0.6 is 0 Å². The van der Waals surface area contributed by atoms with E-state index in [1.165, 1.54) is 12.1 Å². The van der Waals surface area contributed by atoms with E-state index in [4.69, 9.17) is 5.11 Å². The van der Waals surface area contributed by atoms with E-state index in [0.717, 1.165) is 7.11 Å². The van der Waals surface area contributed by atoms with Crippen LogP contribution in [0.2, 0.25) is 0 Å². The molecule has 0 saturated carbocycles. The molecule has 0 spiro atoms. The van der Waals surface area contributed by atoms with Crippen molar-refractivity contribution in [2.24, 2.45) is 0 Å². The normalized spacial score (nSPS) is 18.9. The van der Waals surface area contributed by atoms with Crippen LogP contribution in [0.3, 0.4) is 0 Å². The molecular weight excluding hydrogens is 268 g/mol. The molecule has 0 bridgehead atoms. The number of aliphatic hydroxyl groups is 5. The minimum absolute atomic E-state index is 0.0570. The van der Waals surface area contributed by atoms with E-state index < -0.39 is 36.5 Å². The van der Waals surface area contributed by atoms with Crippen molar-refractivity contribution in [3.8, 4) is 0 Å². The van der Waals surface area contributed by atoms with E-state index >= 15 is 0 Å². The molecule has 4 atom stereocenters. The molecule has 112 valence electrons. The molecule has 0 aliphatic rings. The van der Waals surface area contributed by atoms with Crippen molar-refractivity contribution in [1.82, 2.24) is 0 Å². The van der Waals surface area contributed by atoms with Crippen LogP contribution in [0.5, 0.6) is 0 Å². The van der Waals surface area contributed by atoms with Gasteiger partial charge in [0.05, 0.1) is 6.61 Å². The van der Waals surface area contributed by atoms with Gasteiger partial charge in [0, 0.05) is 12.7 Å². The summed E-state index contributed by atoms with van der Waals surface area (Å²) >= 11 is 0. The molecule has 1 aromatic carbocycles. The third-order valence-corrected chi connectivity index (χ3v) is 2.98. The Hall–Kier alpha value is -1.35. The van der Waals surface area contributed by atoms with Crippen molar-refractivity contribution < 1.29 is 35.1 Å². The van der Waals surface area contributed by atoms with Gasteiger partial charge in [0.1, 0.15) is 18.3 Å². The standard InChI is InChI=1S/C13H18O7/c1-20-13(19,12(18)10(16)9(15)7-14)11(17)8-5-3-2-4-6-8/h2-6,9-10,12,14-16,18-19H,7H2,1H3/t9-,10-,12+,13-/m1/s1. The third kappa shape index (κ3) is 3.21. The van der Waals surface area contributed by atoms with E-state index in [2.05, 4.69) is 4.74 Å². The molecule has 0 amide bonds. The van der Waals surface area contributed by atoms with Crippen LogP contribution in [-0.4, -0.2) is 69.1 Å². The molecule has 7 heteroatoms. The van der Waals surface area contributed by atoms with Gasteiger partial charge in [0.25, 0.3) is 5.79 Å². The second-order valence-corrected chi connectivity index (χ2v) is 4.28. The van der Waals surface area contributed by atoms with Crippen molar-refractivity contribution in [2.45, 2.75) is 24.1 Å².